The second-order valence-electron chi connectivity index (χ2n) is 1.28. The molecule has 0 radical (unpaired) electrons. The molecule has 0 aromatic rings. The van der Waals surface area contributed by atoms with Crippen LogP contribution in [0.1, 0.15) is 0 Å². The van der Waals surface area contributed by atoms with Gasteiger partial charge < -0.3 is 0 Å². The maximum atomic E-state index is 10.3. The fourth-order valence-corrected chi connectivity index (χ4v) is 1.38. The molecule has 5 heteroatoms. The molecule has 0 saturated heterocycles. The Morgan fingerprint density at radius 3 is 2.33 bits per heavy atom. The van der Waals surface area contributed by atoms with E-state index in [1.165, 1.54) is 0 Å². The van der Waals surface area contributed by atoms with E-state index in [4.69, 9.17) is 6.42 Å². The molecule has 0 aromatic carbocycles. The van der Waals surface area contributed by atoms with Crippen LogP contribution in [0.3, 0.4) is 0 Å². The van der Waals surface area contributed by atoms with Crippen LogP contribution in [0.15, 0.2) is 0 Å². The quantitative estimate of drug-likeness (QED) is 0.377. The molecular formula is C4H5BrO3S. The average Bonchev–Trinajstić information content (AvgIpc) is 1.62. The highest BCUT2D eigenvalue weighted by atomic mass is 79.9. The van der Waals surface area contributed by atoms with Crippen LogP contribution in [0.5, 0.6) is 0 Å². The minimum absolute atomic E-state index is 0.854. The van der Waals surface area contributed by atoms with Gasteiger partial charge in [0, 0.05) is 0 Å². The lowest BCUT2D eigenvalue weighted by Crippen LogP contribution is -2.08. The topological polar surface area (TPSA) is 43.4 Å². The summed E-state index contributed by atoms with van der Waals surface area (Å²) in [6.45, 7) is 0. The molecule has 0 amide bonds. The van der Waals surface area contributed by atoms with Gasteiger partial charge in [0.25, 0.3) is 10.1 Å². The molecule has 0 spiro atoms. The van der Waals surface area contributed by atoms with Crippen LogP contribution in [0.2, 0.25) is 0 Å². The highest BCUT2D eigenvalue weighted by Gasteiger charge is 2.06. The molecule has 1 unspecified atom stereocenters. The molecule has 0 bridgehead atoms. The third-order valence-electron chi connectivity index (χ3n) is 0.390. The average molecular weight is 213 g/mol. The van der Waals surface area contributed by atoms with Crippen molar-refractivity contribution < 1.29 is 12.6 Å². The number of alkyl halides is 1. The van der Waals surface area contributed by atoms with Crippen LogP contribution >= 0.6 is 15.9 Å². The summed E-state index contributed by atoms with van der Waals surface area (Å²) >= 11 is 2.78. The van der Waals surface area contributed by atoms with Gasteiger partial charge in [-0.05, 0) is 15.9 Å². The van der Waals surface area contributed by atoms with Gasteiger partial charge in [0.15, 0.2) is 5.01 Å². The predicted octanol–water partition coefficient (Wildman–Crippen LogP) is 0.317. The normalized spacial score (nSPS) is 14.3. The molecule has 3 nitrogen and oxygen atoms in total. The Bertz CT molecular complexity index is 212. The summed E-state index contributed by atoms with van der Waals surface area (Å²) in [5.41, 5.74) is 0. The first kappa shape index (κ1) is 8.95. The van der Waals surface area contributed by atoms with Gasteiger partial charge >= 0.3 is 0 Å². The van der Waals surface area contributed by atoms with Gasteiger partial charge in [0.05, 0.1) is 6.26 Å². The fraction of sp³-hybridized carbons (Fsp3) is 0.500. The molecule has 0 aromatic heterocycles. The Morgan fingerprint density at radius 2 is 2.22 bits per heavy atom. The van der Waals surface area contributed by atoms with Crippen LogP contribution in [0.4, 0.5) is 0 Å². The molecule has 0 aliphatic heterocycles. The predicted molar refractivity (Wildman–Crippen MR) is 37.5 cm³/mol. The summed E-state index contributed by atoms with van der Waals surface area (Å²) in [6.07, 6.45) is 5.72. The minimum atomic E-state index is -3.42. The zero-order valence-corrected chi connectivity index (χ0v) is 7.07. The first-order chi connectivity index (χ1) is 3.95. The second-order valence-corrected chi connectivity index (χ2v) is 3.72. The molecule has 0 saturated carbocycles. The Labute approximate surface area is 62.6 Å². The second kappa shape index (κ2) is 3.20. The molecule has 9 heavy (non-hydrogen) atoms. The molecule has 52 valence electrons. The summed E-state index contributed by atoms with van der Waals surface area (Å²) in [6, 6.07) is 0. The van der Waals surface area contributed by atoms with E-state index in [1.54, 1.807) is 0 Å². The molecule has 0 fully saturated rings. The fourth-order valence-electron chi connectivity index (χ4n) is 0.181. The summed E-state index contributed by atoms with van der Waals surface area (Å²) < 4.78 is 24.7. The highest BCUT2D eigenvalue weighted by Crippen LogP contribution is 2.02. The molecule has 0 aliphatic carbocycles. The maximum absolute atomic E-state index is 10.3. The van der Waals surface area contributed by atoms with Crippen molar-refractivity contribution >= 4 is 26.0 Å². The first-order valence-electron chi connectivity index (χ1n) is 1.94. The molecule has 1 atom stereocenters. The molecule has 0 aliphatic rings. The zero-order chi connectivity index (χ0) is 7.49. The summed E-state index contributed by atoms with van der Waals surface area (Å²) in [7, 11) is -3.42. The summed E-state index contributed by atoms with van der Waals surface area (Å²) in [5.74, 6) is 2.04. The first-order valence-corrected chi connectivity index (χ1v) is 4.67. The third-order valence-corrected chi connectivity index (χ3v) is 1.63. The number of hydrogen-bond acceptors (Lipinski definition) is 3. The van der Waals surface area contributed by atoms with Gasteiger partial charge in [-0.3, -0.25) is 0 Å². The van der Waals surface area contributed by atoms with Gasteiger partial charge in [0.2, 0.25) is 0 Å². The minimum Gasteiger partial charge on any atom is -0.242 e. The Balaban J connectivity index is 3.94. The van der Waals surface area contributed by atoms with E-state index < -0.39 is 15.1 Å². The number of terminal acetylenes is 1. The largest absolute Gasteiger partial charge is 0.266 e. The Morgan fingerprint density at radius 1 is 1.78 bits per heavy atom. The standard InChI is InChI=1S/C4H5BrO3S/c1-3-4(5)8-9(2,6)7/h1,4H,2H3. The SMILES string of the molecule is C#CC(Br)OS(C)(=O)=O. The van der Waals surface area contributed by atoms with Crippen molar-refractivity contribution in [2.45, 2.75) is 5.01 Å². The van der Waals surface area contributed by atoms with Gasteiger partial charge in [0.1, 0.15) is 0 Å². The number of hydrogen-bond donors (Lipinski definition) is 0. The smallest absolute Gasteiger partial charge is 0.242 e. The van der Waals surface area contributed by atoms with Crippen molar-refractivity contribution in [1.82, 2.24) is 0 Å². The Hall–Kier alpha value is -0.0500. The van der Waals surface area contributed by atoms with Crippen LogP contribution in [-0.2, 0) is 14.3 Å². The molecule has 0 heterocycles. The van der Waals surface area contributed by atoms with Crippen LogP contribution in [0.25, 0.3) is 0 Å². The lowest BCUT2D eigenvalue weighted by Gasteiger charge is -1.99. The molecule has 0 N–H and O–H groups in total. The van der Waals surface area contributed by atoms with Crippen molar-refractivity contribution in [2.24, 2.45) is 0 Å². The van der Waals surface area contributed by atoms with Gasteiger partial charge in [-0.2, -0.15) is 8.42 Å². The summed E-state index contributed by atoms with van der Waals surface area (Å²) in [5, 5.41) is -0.854. The van der Waals surface area contributed by atoms with Gasteiger partial charge in [-0.1, -0.05) is 5.92 Å². The maximum Gasteiger partial charge on any atom is 0.266 e. The molecular weight excluding hydrogens is 208 g/mol. The summed E-state index contributed by atoms with van der Waals surface area (Å²) in [4.78, 5) is 0. The van der Waals surface area contributed by atoms with E-state index in [2.05, 4.69) is 20.1 Å². The third kappa shape index (κ3) is 5.83. The highest BCUT2D eigenvalue weighted by molar-refractivity contribution is 9.09. The van der Waals surface area contributed by atoms with Crippen LogP contribution in [0, 0.1) is 12.3 Å². The number of rotatable bonds is 2. The molecule has 0 rings (SSSR count). The van der Waals surface area contributed by atoms with Crippen molar-refractivity contribution in [2.75, 3.05) is 6.26 Å². The lowest BCUT2D eigenvalue weighted by molar-refractivity contribution is 0.347. The van der Waals surface area contributed by atoms with E-state index in [1.807, 2.05) is 5.92 Å². The van der Waals surface area contributed by atoms with E-state index in [9.17, 15) is 8.42 Å². The monoisotopic (exact) mass is 212 g/mol. The van der Waals surface area contributed by atoms with Crippen LogP contribution in [-0.4, -0.2) is 19.7 Å². The van der Waals surface area contributed by atoms with Crippen molar-refractivity contribution in [3.63, 3.8) is 0 Å². The van der Waals surface area contributed by atoms with Gasteiger partial charge in [-0.25, -0.2) is 4.18 Å². The van der Waals surface area contributed by atoms with Crippen molar-refractivity contribution in [1.29, 1.82) is 0 Å². The van der Waals surface area contributed by atoms with Crippen LogP contribution < -0.4 is 0 Å². The van der Waals surface area contributed by atoms with E-state index in [0.717, 1.165) is 6.26 Å². The van der Waals surface area contributed by atoms with Crippen molar-refractivity contribution in [3.05, 3.63) is 0 Å². The Kier molecular flexibility index (Phi) is 3.18. The van der Waals surface area contributed by atoms with E-state index in [-0.39, 0.29) is 0 Å². The van der Waals surface area contributed by atoms with Gasteiger partial charge in [-0.15, -0.1) is 6.42 Å². The van der Waals surface area contributed by atoms with E-state index >= 15 is 0 Å². The van der Waals surface area contributed by atoms with Crippen molar-refractivity contribution in [3.8, 4) is 12.3 Å². The van der Waals surface area contributed by atoms with E-state index in [0.29, 0.717) is 0 Å². The zero-order valence-electron chi connectivity index (χ0n) is 4.67. The lowest BCUT2D eigenvalue weighted by atomic mass is 10.8. The number of halogens is 1.